The van der Waals surface area contributed by atoms with Gasteiger partial charge < -0.3 is 19.9 Å². The quantitative estimate of drug-likeness (QED) is 0.827. The van der Waals surface area contributed by atoms with Gasteiger partial charge in [0.1, 0.15) is 11.4 Å². The lowest BCUT2D eigenvalue weighted by Crippen LogP contribution is -2.34. The van der Waals surface area contributed by atoms with Crippen molar-refractivity contribution in [3.05, 3.63) is 30.0 Å². The Morgan fingerprint density at radius 2 is 2.17 bits per heavy atom. The Labute approximate surface area is 141 Å². The first-order valence-corrected chi connectivity index (χ1v) is 8.49. The van der Waals surface area contributed by atoms with E-state index >= 15 is 0 Å². The lowest BCUT2D eigenvalue weighted by Gasteiger charge is -2.18. The molecule has 1 aliphatic rings. The number of nitrogens with zero attached hydrogens (tertiary/aromatic N) is 1. The molecule has 2 heterocycles. The molecule has 0 aliphatic carbocycles. The van der Waals surface area contributed by atoms with Gasteiger partial charge in [-0.25, -0.2) is 0 Å². The van der Waals surface area contributed by atoms with Crippen molar-refractivity contribution in [2.75, 3.05) is 26.2 Å². The second-order valence-electron chi connectivity index (χ2n) is 6.03. The van der Waals surface area contributed by atoms with Crippen molar-refractivity contribution in [3.63, 3.8) is 0 Å². The molecule has 2 aromatic rings. The van der Waals surface area contributed by atoms with Crippen molar-refractivity contribution in [3.8, 4) is 5.75 Å². The van der Waals surface area contributed by atoms with E-state index in [1.807, 2.05) is 24.3 Å². The Balaban J connectivity index is 1.74. The van der Waals surface area contributed by atoms with Crippen LogP contribution in [0.4, 0.5) is 0 Å². The lowest BCUT2D eigenvalue weighted by molar-refractivity contribution is -0.120. The van der Waals surface area contributed by atoms with E-state index in [0.29, 0.717) is 38.4 Å². The van der Waals surface area contributed by atoms with Crippen molar-refractivity contribution in [2.24, 2.45) is 0 Å². The Morgan fingerprint density at radius 1 is 1.29 bits per heavy atom. The minimum Gasteiger partial charge on any atom is -0.494 e. The van der Waals surface area contributed by atoms with Crippen molar-refractivity contribution in [2.45, 2.75) is 26.2 Å². The Bertz CT molecular complexity index is 738. The number of unbranched alkanes of at least 4 members (excludes halogenated alkanes) is 1. The molecule has 1 aromatic heterocycles. The van der Waals surface area contributed by atoms with Gasteiger partial charge in [-0.2, -0.15) is 0 Å². The summed E-state index contributed by atoms with van der Waals surface area (Å²) in [6, 6.07) is 7.66. The predicted octanol–water partition coefficient (Wildman–Crippen LogP) is 2.31. The van der Waals surface area contributed by atoms with Crippen LogP contribution in [0.1, 0.15) is 36.7 Å². The largest absolute Gasteiger partial charge is 0.494 e. The summed E-state index contributed by atoms with van der Waals surface area (Å²) < 4.78 is 5.71. The van der Waals surface area contributed by atoms with Gasteiger partial charge in [-0.05, 0) is 24.6 Å². The van der Waals surface area contributed by atoms with Gasteiger partial charge in [0, 0.05) is 43.0 Å². The van der Waals surface area contributed by atoms with E-state index < -0.39 is 0 Å². The summed E-state index contributed by atoms with van der Waals surface area (Å²) in [5.74, 6) is 0.730. The van der Waals surface area contributed by atoms with Gasteiger partial charge in [0.15, 0.2) is 0 Å². The third-order valence-electron chi connectivity index (χ3n) is 4.19. The fourth-order valence-electron chi connectivity index (χ4n) is 2.79. The maximum atomic E-state index is 12.6. The van der Waals surface area contributed by atoms with Crippen LogP contribution in [0, 0.1) is 0 Å². The topological polar surface area (TPSA) is 74.4 Å². The van der Waals surface area contributed by atoms with Crippen molar-refractivity contribution >= 4 is 22.7 Å². The number of carbonyl (C=O) groups excluding carboxylic acids is 2. The predicted molar refractivity (Wildman–Crippen MR) is 92.2 cm³/mol. The first-order valence-electron chi connectivity index (χ1n) is 8.49. The van der Waals surface area contributed by atoms with Crippen LogP contribution in [0.2, 0.25) is 0 Å². The second kappa shape index (κ2) is 7.38. The van der Waals surface area contributed by atoms with E-state index in [2.05, 4.69) is 17.2 Å². The van der Waals surface area contributed by atoms with E-state index in [1.165, 1.54) is 0 Å². The van der Waals surface area contributed by atoms with Gasteiger partial charge >= 0.3 is 0 Å². The molecule has 1 aliphatic heterocycles. The number of aromatic amines is 1. The monoisotopic (exact) mass is 329 g/mol. The van der Waals surface area contributed by atoms with Crippen LogP contribution in [0.15, 0.2) is 24.3 Å². The summed E-state index contributed by atoms with van der Waals surface area (Å²) in [5.41, 5.74) is 1.43. The second-order valence-corrected chi connectivity index (χ2v) is 6.03. The zero-order chi connectivity index (χ0) is 16.9. The number of rotatable bonds is 5. The molecule has 6 heteroatoms. The third kappa shape index (κ3) is 3.69. The zero-order valence-electron chi connectivity index (χ0n) is 13.9. The highest BCUT2D eigenvalue weighted by Gasteiger charge is 2.21. The number of H-pyrrole nitrogens is 1. The van der Waals surface area contributed by atoms with Crippen LogP contribution in [-0.2, 0) is 4.79 Å². The van der Waals surface area contributed by atoms with Crippen LogP contribution < -0.4 is 10.1 Å². The number of aromatic nitrogens is 1. The highest BCUT2D eigenvalue weighted by Crippen LogP contribution is 2.22. The third-order valence-corrected chi connectivity index (χ3v) is 4.19. The number of fused-ring (bicyclic) bond motifs is 1. The van der Waals surface area contributed by atoms with Crippen LogP contribution in [0.25, 0.3) is 10.9 Å². The van der Waals surface area contributed by atoms with Crippen molar-refractivity contribution < 1.29 is 14.3 Å². The zero-order valence-corrected chi connectivity index (χ0v) is 13.9. The molecular weight excluding hydrogens is 306 g/mol. The first kappa shape index (κ1) is 16.4. The minimum absolute atomic E-state index is 0.00387. The van der Waals surface area contributed by atoms with Gasteiger partial charge in [-0.1, -0.05) is 13.3 Å². The first-order chi connectivity index (χ1) is 11.7. The summed E-state index contributed by atoms with van der Waals surface area (Å²) >= 11 is 0. The SMILES string of the molecule is CCCCOc1ccc2cc(C(=O)N3CCNC(=O)CC3)[nH]c2c1. The number of nitrogens with one attached hydrogen (secondary N) is 2. The Morgan fingerprint density at radius 3 is 3.00 bits per heavy atom. The summed E-state index contributed by atoms with van der Waals surface area (Å²) in [4.78, 5) is 28.9. The molecule has 24 heavy (non-hydrogen) atoms. The molecule has 3 rings (SSSR count). The van der Waals surface area contributed by atoms with E-state index in [4.69, 9.17) is 4.74 Å². The molecule has 0 spiro atoms. The van der Waals surface area contributed by atoms with Gasteiger partial charge in [-0.3, -0.25) is 9.59 Å². The summed E-state index contributed by atoms with van der Waals surface area (Å²) in [5, 5.41) is 3.76. The molecule has 6 nitrogen and oxygen atoms in total. The molecular formula is C18H23N3O3. The van der Waals surface area contributed by atoms with Gasteiger partial charge in [0.05, 0.1) is 6.61 Å². The van der Waals surface area contributed by atoms with E-state index in [-0.39, 0.29) is 11.8 Å². The highest BCUT2D eigenvalue weighted by molar-refractivity contribution is 5.98. The average molecular weight is 329 g/mol. The number of hydrogen-bond acceptors (Lipinski definition) is 3. The molecule has 0 bridgehead atoms. The molecule has 2 N–H and O–H groups in total. The van der Waals surface area contributed by atoms with E-state index in [9.17, 15) is 9.59 Å². The average Bonchev–Trinajstić information content (AvgIpc) is 2.88. The van der Waals surface area contributed by atoms with Crippen LogP contribution in [-0.4, -0.2) is 47.9 Å². The van der Waals surface area contributed by atoms with Gasteiger partial charge in [0.2, 0.25) is 5.91 Å². The molecule has 1 aromatic carbocycles. The Hall–Kier alpha value is -2.50. The summed E-state index contributed by atoms with van der Waals surface area (Å²) in [7, 11) is 0. The van der Waals surface area contributed by atoms with Crippen molar-refractivity contribution in [1.82, 2.24) is 15.2 Å². The number of carbonyl (C=O) groups is 2. The maximum absolute atomic E-state index is 12.6. The van der Waals surface area contributed by atoms with E-state index in [0.717, 1.165) is 29.5 Å². The number of amides is 2. The fourth-order valence-corrected chi connectivity index (χ4v) is 2.79. The fraction of sp³-hybridized carbons (Fsp3) is 0.444. The minimum atomic E-state index is -0.0730. The lowest BCUT2D eigenvalue weighted by atomic mass is 10.2. The summed E-state index contributed by atoms with van der Waals surface area (Å²) in [6.45, 7) is 4.31. The normalized spacial score (nSPS) is 15.2. The maximum Gasteiger partial charge on any atom is 0.270 e. The number of hydrogen-bond donors (Lipinski definition) is 2. The number of benzene rings is 1. The Kier molecular flexibility index (Phi) is 5.03. The molecule has 1 fully saturated rings. The molecule has 0 atom stereocenters. The number of ether oxygens (including phenoxy) is 1. The van der Waals surface area contributed by atoms with Gasteiger partial charge in [-0.15, -0.1) is 0 Å². The summed E-state index contributed by atoms with van der Waals surface area (Å²) in [6.07, 6.45) is 2.46. The molecule has 2 amide bonds. The molecule has 128 valence electrons. The van der Waals surface area contributed by atoms with Crippen LogP contribution in [0.5, 0.6) is 5.75 Å². The van der Waals surface area contributed by atoms with E-state index in [1.54, 1.807) is 4.90 Å². The van der Waals surface area contributed by atoms with Crippen LogP contribution >= 0.6 is 0 Å². The van der Waals surface area contributed by atoms with Crippen LogP contribution in [0.3, 0.4) is 0 Å². The van der Waals surface area contributed by atoms with Crippen molar-refractivity contribution in [1.29, 1.82) is 0 Å². The smallest absolute Gasteiger partial charge is 0.270 e. The molecule has 0 radical (unpaired) electrons. The molecule has 0 unspecified atom stereocenters. The van der Waals surface area contributed by atoms with Gasteiger partial charge in [0.25, 0.3) is 5.91 Å². The standard InChI is InChI=1S/C18H23N3O3/c1-2-3-10-24-14-5-4-13-11-16(20-15(13)12-14)18(23)21-8-6-17(22)19-7-9-21/h4-5,11-12,20H,2-3,6-10H2,1H3,(H,19,22). The molecule has 0 saturated carbocycles. The highest BCUT2D eigenvalue weighted by atomic mass is 16.5. The molecule has 1 saturated heterocycles.